The monoisotopic (exact) mass is 275 g/mol. The molecule has 0 unspecified atom stereocenters. The molecule has 5 nitrogen and oxygen atoms in total. The molecular formula is C14H33N3O2. The van der Waals surface area contributed by atoms with Crippen molar-refractivity contribution in [2.75, 3.05) is 20.1 Å². The van der Waals surface area contributed by atoms with Crippen LogP contribution in [0.25, 0.3) is 0 Å². The number of carbonyl (C=O) groups is 1. The third-order valence-electron chi connectivity index (χ3n) is 2.19. The third kappa shape index (κ3) is 12.0. The molecule has 0 spiro atoms. The first kappa shape index (κ1) is 20.5. The Morgan fingerprint density at radius 3 is 1.89 bits per heavy atom. The summed E-state index contributed by atoms with van der Waals surface area (Å²) in [6.45, 7) is 11.3. The molecule has 0 aromatic rings. The van der Waals surface area contributed by atoms with Crippen LogP contribution in [0.5, 0.6) is 0 Å². The lowest BCUT2D eigenvalue weighted by atomic mass is 10.1. The standard InChI is InChI=1S/C10H20N2O2.C3H8.CH5N/c1-10(2,3)14-9(13)12-6-4-8(11)5-7-12;1-3-2;1-2/h8H,4-7,11H2,1-3H3;3H2,1-2H3;2H2,1H3. The molecule has 4 N–H and O–H groups in total. The molecule has 0 saturated carbocycles. The first-order chi connectivity index (χ1) is 8.80. The van der Waals surface area contributed by atoms with Crippen molar-refractivity contribution in [3.63, 3.8) is 0 Å². The molecule has 0 bridgehead atoms. The Bertz CT molecular complexity index is 219. The number of ether oxygens (including phenoxy) is 1. The van der Waals surface area contributed by atoms with Crippen LogP contribution in [-0.2, 0) is 4.74 Å². The van der Waals surface area contributed by atoms with E-state index in [0.29, 0.717) is 0 Å². The van der Waals surface area contributed by atoms with Crippen LogP contribution in [0.1, 0.15) is 53.9 Å². The number of nitrogens with zero attached hydrogens (tertiary/aromatic N) is 1. The molecule has 1 rings (SSSR count). The number of nitrogens with two attached hydrogens (primary N) is 2. The maximum Gasteiger partial charge on any atom is 0.410 e. The van der Waals surface area contributed by atoms with Crippen LogP contribution in [-0.4, -0.2) is 42.8 Å². The summed E-state index contributed by atoms with van der Waals surface area (Å²) in [7, 11) is 1.50. The number of piperidine rings is 1. The van der Waals surface area contributed by atoms with Crippen molar-refractivity contribution in [3.8, 4) is 0 Å². The smallest absolute Gasteiger partial charge is 0.410 e. The zero-order valence-corrected chi connectivity index (χ0v) is 13.5. The maximum absolute atomic E-state index is 11.6. The van der Waals surface area contributed by atoms with Crippen molar-refractivity contribution in [1.29, 1.82) is 0 Å². The van der Waals surface area contributed by atoms with Crippen molar-refractivity contribution >= 4 is 6.09 Å². The van der Waals surface area contributed by atoms with Crippen LogP contribution >= 0.6 is 0 Å². The molecular weight excluding hydrogens is 242 g/mol. The number of likely N-dealkylation sites (tertiary alicyclic amines) is 1. The van der Waals surface area contributed by atoms with E-state index < -0.39 is 5.60 Å². The van der Waals surface area contributed by atoms with Gasteiger partial charge in [-0.05, 0) is 40.7 Å². The molecule has 0 aromatic carbocycles. The molecule has 1 amide bonds. The molecule has 1 heterocycles. The van der Waals surface area contributed by atoms with Gasteiger partial charge in [0, 0.05) is 19.1 Å². The highest BCUT2D eigenvalue weighted by atomic mass is 16.6. The first-order valence-corrected chi connectivity index (χ1v) is 7.11. The second-order valence-electron chi connectivity index (χ2n) is 5.51. The van der Waals surface area contributed by atoms with E-state index in [4.69, 9.17) is 10.5 Å². The number of rotatable bonds is 0. The van der Waals surface area contributed by atoms with Gasteiger partial charge in [0.05, 0.1) is 0 Å². The van der Waals surface area contributed by atoms with Gasteiger partial charge in [0.25, 0.3) is 0 Å². The van der Waals surface area contributed by atoms with Crippen molar-refractivity contribution in [2.24, 2.45) is 11.5 Å². The predicted octanol–water partition coefficient (Wildman–Crippen LogP) is 2.34. The topological polar surface area (TPSA) is 81.6 Å². The SMILES string of the molecule is CC(C)(C)OC(=O)N1CCC(N)CC1.CCC.CN. The minimum atomic E-state index is -0.406. The average Bonchev–Trinajstić information content (AvgIpc) is 2.31. The van der Waals surface area contributed by atoms with Crippen LogP contribution in [0.3, 0.4) is 0 Å². The Kier molecular flexibility index (Phi) is 11.9. The second kappa shape index (κ2) is 11.1. The van der Waals surface area contributed by atoms with Crippen molar-refractivity contribution in [2.45, 2.75) is 65.5 Å². The van der Waals surface area contributed by atoms with Gasteiger partial charge in [-0.1, -0.05) is 20.3 Å². The summed E-state index contributed by atoms with van der Waals surface area (Å²) in [5.74, 6) is 0. The second-order valence-corrected chi connectivity index (χ2v) is 5.51. The van der Waals surface area contributed by atoms with E-state index in [1.807, 2.05) is 20.8 Å². The summed E-state index contributed by atoms with van der Waals surface area (Å²) in [5.41, 5.74) is 9.84. The third-order valence-corrected chi connectivity index (χ3v) is 2.19. The van der Waals surface area contributed by atoms with Gasteiger partial charge in [-0.3, -0.25) is 0 Å². The Balaban J connectivity index is 0. The molecule has 1 fully saturated rings. The van der Waals surface area contributed by atoms with Crippen molar-refractivity contribution in [1.82, 2.24) is 4.90 Å². The minimum absolute atomic E-state index is 0.218. The van der Waals surface area contributed by atoms with E-state index in [9.17, 15) is 4.79 Å². The molecule has 0 radical (unpaired) electrons. The molecule has 0 aliphatic carbocycles. The van der Waals surface area contributed by atoms with Gasteiger partial charge in [0.1, 0.15) is 5.60 Å². The van der Waals surface area contributed by atoms with Crippen LogP contribution in [0.15, 0.2) is 0 Å². The summed E-state index contributed by atoms with van der Waals surface area (Å²) in [6.07, 6.45) is 2.78. The summed E-state index contributed by atoms with van der Waals surface area (Å²) >= 11 is 0. The fraction of sp³-hybridized carbons (Fsp3) is 0.929. The lowest BCUT2D eigenvalue weighted by molar-refractivity contribution is 0.0207. The van der Waals surface area contributed by atoms with E-state index in [1.54, 1.807) is 4.90 Å². The van der Waals surface area contributed by atoms with Crippen LogP contribution in [0.2, 0.25) is 0 Å². The average molecular weight is 275 g/mol. The van der Waals surface area contributed by atoms with Crippen molar-refractivity contribution < 1.29 is 9.53 Å². The highest BCUT2D eigenvalue weighted by Crippen LogP contribution is 2.14. The summed E-state index contributed by atoms with van der Waals surface area (Å²) < 4.78 is 5.26. The van der Waals surface area contributed by atoms with E-state index in [0.717, 1.165) is 25.9 Å². The largest absolute Gasteiger partial charge is 0.444 e. The molecule has 1 aliphatic heterocycles. The zero-order chi connectivity index (χ0) is 15.5. The summed E-state index contributed by atoms with van der Waals surface area (Å²) in [5, 5.41) is 0. The fourth-order valence-electron chi connectivity index (χ4n) is 1.41. The number of hydrogen-bond acceptors (Lipinski definition) is 4. The summed E-state index contributed by atoms with van der Waals surface area (Å²) in [4.78, 5) is 13.3. The van der Waals surface area contributed by atoms with Gasteiger partial charge in [-0.15, -0.1) is 0 Å². The van der Waals surface area contributed by atoms with Gasteiger partial charge in [-0.25, -0.2) is 4.79 Å². The number of amides is 1. The molecule has 5 heteroatoms. The lowest BCUT2D eigenvalue weighted by Gasteiger charge is -2.32. The Hall–Kier alpha value is -0.810. The molecule has 19 heavy (non-hydrogen) atoms. The minimum Gasteiger partial charge on any atom is -0.444 e. The number of carbonyl (C=O) groups excluding carboxylic acids is 1. The first-order valence-electron chi connectivity index (χ1n) is 7.11. The maximum atomic E-state index is 11.6. The van der Waals surface area contributed by atoms with Crippen LogP contribution in [0.4, 0.5) is 4.79 Å². The lowest BCUT2D eigenvalue weighted by Crippen LogP contribution is -2.44. The van der Waals surface area contributed by atoms with E-state index in [2.05, 4.69) is 19.6 Å². The van der Waals surface area contributed by atoms with Gasteiger partial charge < -0.3 is 21.1 Å². The molecule has 1 saturated heterocycles. The molecule has 1 aliphatic rings. The Morgan fingerprint density at radius 2 is 1.58 bits per heavy atom. The normalized spacial score (nSPS) is 15.7. The van der Waals surface area contributed by atoms with Gasteiger partial charge in [0.2, 0.25) is 0 Å². The van der Waals surface area contributed by atoms with Crippen LogP contribution in [0, 0.1) is 0 Å². The summed E-state index contributed by atoms with van der Waals surface area (Å²) in [6, 6.07) is 0.244. The van der Waals surface area contributed by atoms with Gasteiger partial charge >= 0.3 is 6.09 Å². The predicted molar refractivity (Wildman–Crippen MR) is 81.1 cm³/mol. The molecule has 0 aromatic heterocycles. The highest BCUT2D eigenvalue weighted by molar-refractivity contribution is 5.68. The Labute approximate surface area is 118 Å². The Morgan fingerprint density at radius 1 is 1.21 bits per heavy atom. The van der Waals surface area contributed by atoms with E-state index >= 15 is 0 Å². The van der Waals surface area contributed by atoms with E-state index in [1.165, 1.54) is 13.5 Å². The van der Waals surface area contributed by atoms with Gasteiger partial charge in [-0.2, -0.15) is 0 Å². The molecule has 116 valence electrons. The quantitative estimate of drug-likeness (QED) is 0.711. The van der Waals surface area contributed by atoms with E-state index in [-0.39, 0.29) is 12.1 Å². The van der Waals surface area contributed by atoms with Crippen molar-refractivity contribution in [3.05, 3.63) is 0 Å². The number of hydrogen-bond donors (Lipinski definition) is 2. The zero-order valence-electron chi connectivity index (χ0n) is 13.5. The fourth-order valence-corrected chi connectivity index (χ4v) is 1.41. The molecule has 0 atom stereocenters. The van der Waals surface area contributed by atoms with Crippen LogP contribution < -0.4 is 11.5 Å². The van der Waals surface area contributed by atoms with Gasteiger partial charge in [0.15, 0.2) is 0 Å². The highest BCUT2D eigenvalue weighted by Gasteiger charge is 2.25.